The molecule has 12 N–H and O–H groups in total. The largest absolute Gasteiger partial charge is 0.456 e. The number of benzene rings is 2. The molecule has 0 saturated carbocycles. The lowest BCUT2D eigenvalue weighted by atomic mass is 10.0. The molecule has 45 nitrogen and oxygen atoms in total. The van der Waals surface area contributed by atoms with Crippen LogP contribution in [0.5, 0.6) is 0 Å². The number of hydrogen-bond donors (Lipinski definition) is 12. The number of nitrogens with one attached hydrogen (secondary N) is 12. The number of imidazole rings is 3. The third-order valence-electron chi connectivity index (χ3n) is 20.7. The maximum Gasteiger partial charge on any atom is 0.292 e. The van der Waals surface area contributed by atoms with E-state index >= 15 is 0 Å². The number of carbonyl (C=O) groups is 13. The summed E-state index contributed by atoms with van der Waals surface area (Å²) in [6.45, 7) is 6.72. The minimum Gasteiger partial charge on any atom is -0.456 e. The molecule has 0 spiro atoms. The number of furan rings is 1. The zero-order valence-electron chi connectivity index (χ0n) is 74.5. The highest BCUT2D eigenvalue weighted by atomic mass is 16.6. The van der Waals surface area contributed by atoms with Crippen LogP contribution in [0.4, 0.5) is 57.3 Å². The number of aryl methyl sites for hydroxylation is 10. The van der Waals surface area contributed by atoms with Crippen molar-refractivity contribution >= 4 is 146 Å². The van der Waals surface area contributed by atoms with Gasteiger partial charge in [0, 0.05) is 157 Å². The van der Waals surface area contributed by atoms with Gasteiger partial charge in [-0.25, -0.2) is 15.0 Å². The number of ether oxygens (including phenoxy) is 2. The Kier molecular flexibility index (Phi) is 30.1. The van der Waals surface area contributed by atoms with Crippen molar-refractivity contribution < 1.29 is 81.1 Å². The molecule has 12 rings (SSSR count). The number of aromatic nitrogens is 11. The number of nitrogens with zero attached hydrogens (tertiary/aromatic N) is 15. The second-order valence-corrected chi connectivity index (χ2v) is 31.2. The molecule has 1 aliphatic heterocycles. The molecule has 132 heavy (non-hydrogen) atoms. The molecule has 0 aliphatic carbocycles. The van der Waals surface area contributed by atoms with Gasteiger partial charge in [0.15, 0.2) is 17.5 Å². The van der Waals surface area contributed by atoms with Crippen LogP contribution >= 0.6 is 0 Å². The Morgan fingerprint density at radius 3 is 1.41 bits per heavy atom. The minimum absolute atomic E-state index is 0.000450. The smallest absolute Gasteiger partial charge is 0.292 e. The number of hydrazone groups is 1. The molecule has 0 fully saturated rings. The first kappa shape index (κ1) is 94.7. The molecule has 0 unspecified atom stereocenters. The number of hydrogen-bond acceptors (Lipinski definition) is 23. The van der Waals surface area contributed by atoms with Crippen LogP contribution in [0.2, 0.25) is 0 Å². The minimum atomic E-state index is -0.736. The Bertz CT molecular complexity index is 6390. The zero-order chi connectivity index (χ0) is 95.1. The van der Waals surface area contributed by atoms with E-state index in [-0.39, 0.29) is 152 Å². The summed E-state index contributed by atoms with van der Waals surface area (Å²) in [6, 6.07) is 20.1. The molecule has 10 heterocycles. The Morgan fingerprint density at radius 1 is 0.439 bits per heavy atom. The molecule has 2 aromatic carbocycles. The molecular weight excluding hydrogens is 1710 g/mol. The highest BCUT2D eigenvalue weighted by molar-refractivity contribution is 6.32. The van der Waals surface area contributed by atoms with E-state index in [4.69, 9.17) is 13.9 Å². The topological polar surface area (TPSA) is 538 Å². The van der Waals surface area contributed by atoms with Crippen LogP contribution in [-0.2, 0) is 85.0 Å². The van der Waals surface area contributed by atoms with Gasteiger partial charge >= 0.3 is 0 Å². The SMILES string of the molecule is CC1=NN(c2ccc(C(=O)NCCOCCOCC(=O)NCCC(=O)Nc3cn(C)c(C(=O)Nc4cc(C(=O)Nc5cn(C)c(C(=O)Nc6cn(C)c(C(=O)NCCCC(=O)Nc7cc(C(=O)Nc8cc(C(=O)Nc9cc(C(=O)Nc%10cc(C(=O)NCCCN(C)C)n(C)c%10)n(C)c9)n(C)c8)n(C)c7)n6)n5)n(C)c4)n3)cc2)C(=O)/C1=C/c1ccc(-c2cc(C)c(C)cc2[N+](=O)[O-])o1. The fourth-order valence-corrected chi connectivity index (χ4v) is 13.8. The molecule has 1 aliphatic rings. The van der Waals surface area contributed by atoms with Gasteiger partial charge in [0.2, 0.25) is 35.2 Å². The highest BCUT2D eigenvalue weighted by Crippen LogP contribution is 2.36. The van der Waals surface area contributed by atoms with E-state index in [2.05, 4.69) is 83.9 Å². The Hall–Kier alpha value is -16.5. The van der Waals surface area contributed by atoms with Gasteiger partial charge in [-0.3, -0.25) is 72.4 Å². The standard InChI is InChI=1S/C87H99N27O18/c1-49-32-61(62(114(128)129)33-50(49)2)68-22-21-59(132-68)39-60-51(3)103-113(87(60)127)58-19-17-52(18-20-58)78(118)91-27-29-130-30-31-131-48-74(117)88-26-23-73(116)97-69-45-111(12)76(98-69)85(125)96-57-38-67(109(10)44-57)83(123)101-70-46-112(13)77(100-70)86(126)102-71-47-110(11)75(99-71)84(124)90-24-14-16-72(115)92-53-34-64(106(7)40-53)80(120)94-55-36-66(108(9)42-55)82(122)95-56-37-65(107(8)43-56)81(121)93-54-35-63(105(6)41-54)79(119)89-25-15-28-104(4)5/h17-22,32-47H,14-16,23-31,48H2,1-13H3,(H,88,117)(H,89,119)(H,90,124)(H,91,118)(H,92,115)(H,93,121)(H,94,120)(H,95,122)(H,96,125)(H,97,116)(H,101,123)(H,102,126)/b60-39+. The number of nitro groups is 1. The quantitative estimate of drug-likeness (QED) is 0.00852. The first-order chi connectivity index (χ1) is 62.9. The van der Waals surface area contributed by atoms with Crippen LogP contribution in [0.15, 0.2) is 144 Å². The molecule has 13 amide bonds. The van der Waals surface area contributed by atoms with E-state index in [1.165, 1.54) is 108 Å². The van der Waals surface area contributed by atoms with Crippen LogP contribution in [0.25, 0.3) is 17.4 Å². The summed E-state index contributed by atoms with van der Waals surface area (Å²) in [5.74, 6) is -6.44. The summed E-state index contributed by atoms with van der Waals surface area (Å²) in [6.07, 6.45) is 14.3. The van der Waals surface area contributed by atoms with Crippen molar-refractivity contribution in [1.82, 2.24) is 77.7 Å². The first-order valence-corrected chi connectivity index (χ1v) is 41.3. The Morgan fingerprint density at radius 2 is 0.879 bits per heavy atom. The summed E-state index contributed by atoms with van der Waals surface area (Å²) in [7, 11) is 16.7. The second kappa shape index (κ2) is 42.0. The van der Waals surface area contributed by atoms with Gasteiger partial charge in [-0.15, -0.1) is 0 Å². The van der Waals surface area contributed by atoms with Gasteiger partial charge in [-0.2, -0.15) is 10.1 Å². The molecule has 45 heteroatoms. The number of nitro benzene ring substituents is 1. The lowest BCUT2D eigenvalue weighted by molar-refractivity contribution is -0.384. The molecule has 690 valence electrons. The molecule has 9 aromatic heterocycles. The van der Waals surface area contributed by atoms with Gasteiger partial charge in [-0.05, 0) is 144 Å². The van der Waals surface area contributed by atoms with Crippen LogP contribution in [-0.4, -0.2) is 217 Å². The summed E-state index contributed by atoms with van der Waals surface area (Å²) in [4.78, 5) is 198. The molecule has 0 atom stereocenters. The summed E-state index contributed by atoms with van der Waals surface area (Å²) in [5.41, 5.74) is 5.83. The summed E-state index contributed by atoms with van der Waals surface area (Å²) < 4.78 is 28.6. The summed E-state index contributed by atoms with van der Waals surface area (Å²) in [5, 5.41) is 50.0. The highest BCUT2D eigenvalue weighted by Gasteiger charge is 2.32. The molecule has 0 radical (unpaired) electrons. The lowest BCUT2D eigenvalue weighted by Crippen LogP contribution is -2.31. The molecule has 0 saturated heterocycles. The average molecular weight is 1810 g/mol. The number of rotatable bonds is 40. The van der Waals surface area contributed by atoms with Gasteiger partial charge in [-0.1, -0.05) is 0 Å². The van der Waals surface area contributed by atoms with E-state index in [1.54, 1.807) is 139 Å². The molecule has 11 aromatic rings. The average Bonchev–Trinajstić information content (AvgIpc) is 1.71. The zero-order valence-corrected chi connectivity index (χ0v) is 74.5. The van der Waals surface area contributed by atoms with Crippen LogP contribution in [0.1, 0.15) is 144 Å². The second-order valence-electron chi connectivity index (χ2n) is 31.2. The van der Waals surface area contributed by atoms with Gasteiger partial charge < -0.3 is 119 Å². The van der Waals surface area contributed by atoms with Crippen LogP contribution < -0.4 is 68.8 Å². The fourth-order valence-electron chi connectivity index (χ4n) is 13.8. The molecular formula is C87H99N27O18. The third-order valence-corrected chi connectivity index (χ3v) is 20.7. The maximum atomic E-state index is 13.6. The van der Waals surface area contributed by atoms with Crippen molar-refractivity contribution in [2.45, 2.75) is 46.5 Å². The van der Waals surface area contributed by atoms with Crippen molar-refractivity contribution in [2.75, 3.05) is 121 Å². The van der Waals surface area contributed by atoms with Crippen LogP contribution in [0, 0.1) is 24.0 Å². The maximum absolute atomic E-state index is 13.6. The van der Waals surface area contributed by atoms with Crippen molar-refractivity contribution in [1.29, 1.82) is 0 Å². The summed E-state index contributed by atoms with van der Waals surface area (Å²) >= 11 is 0. The van der Waals surface area contributed by atoms with Gasteiger partial charge in [0.05, 0.1) is 75.7 Å². The Balaban J connectivity index is 0.501. The number of amides is 13. The predicted molar refractivity (Wildman–Crippen MR) is 486 cm³/mol. The van der Waals surface area contributed by atoms with Gasteiger partial charge in [0.1, 0.15) is 46.6 Å². The lowest BCUT2D eigenvalue weighted by Gasteiger charge is -2.12. The van der Waals surface area contributed by atoms with Crippen molar-refractivity contribution in [3.63, 3.8) is 0 Å². The Labute approximate surface area is 753 Å². The van der Waals surface area contributed by atoms with Gasteiger partial charge in [0.25, 0.3) is 64.8 Å². The van der Waals surface area contributed by atoms with E-state index in [1.807, 2.05) is 25.9 Å². The van der Waals surface area contributed by atoms with E-state index in [0.717, 1.165) is 24.1 Å². The molecule has 0 bridgehead atoms. The third kappa shape index (κ3) is 23.9. The van der Waals surface area contributed by atoms with Crippen LogP contribution in [0.3, 0.4) is 0 Å². The monoisotopic (exact) mass is 1810 g/mol. The van der Waals surface area contributed by atoms with Crippen molar-refractivity contribution in [3.8, 4) is 11.3 Å². The number of anilines is 9. The van der Waals surface area contributed by atoms with E-state index in [0.29, 0.717) is 63.3 Å². The van der Waals surface area contributed by atoms with E-state index in [9.17, 15) is 72.4 Å². The fraction of sp³-hybridized carbons (Fsp3) is 0.299. The van der Waals surface area contributed by atoms with Crippen molar-refractivity contribution in [2.24, 2.45) is 61.5 Å². The number of carbonyl (C=O) groups excluding carboxylic acids is 13. The van der Waals surface area contributed by atoms with E-state index < -0.39 is 75.8 Å². The first-order valence-electron chi connectivity index (χ1n) is 41.3. The predicted octanol–water partition coefficient (Wildman–Crippen LogP) is 6.42. The van der Waals surface area contributed by atoms with Crippen molar-refractivity contribution in [3.05, 3.63) is 213 Å². The normalized spacial score (nSPS) is 12.1.